The smallest absolute Gasteiger partial charge is 0.228 e. The number of furan rings is 1. The van der Waals surface area contributed by atoms with Crippen molar-refractivity contribution in [2.45, 2.75) is 38.5 Å². The van der Waals surface area contributed by atoms with Gasteiger partial charge in [0.2, 0.25) is 5.91 Å². The van der Waals surface area contributed by atoms with Gasteiger partial charge in [-0.1, -0.05) is 0 Å². The van der Waals surface area contributed by atoms with E-state index in [2.05, 4.69) is 15.2 Å². The van der Waals surface area contributed by atoms with Crippen LogP contribution in [0.4, 0.5) is 5.69 Å². The van der Waals surface area contributed by atoms with E-state index in [1.807, 2.05) is 31.2 Å². The summed E-state index contributed by atoms with van der Waals surface area (Å²) in [6.07, 6.45) is 5.26. The Balaban J connectivity index is 1.46. The van der Waals surface area contributed by atoms with Crippen LogP contribution in [0.15, 0.2) is 41.1 Å². The van der Waals surface area contributed by atoms with Crippen molar-refractivity contribution in [3.63, 3.8) is 0 Å². The van der Waals surface area contributed by atoms with Gasteiger partial charge >= 0.3 is 0 Å². The Hall–Kier alpha value is -2.18. The number of aryl methyl sites for hydroxylation is 1. The molecular formula is C19H23N3O3. The summed E-state index contributed by atoms with van der Waals surface area (Å²) in [5.74, 6) is 1.78. The third-order valence-electron chi connectivity index (χ3n) is 5.07. The molecule has 0 unspecified atom stereocenters. The standard InChI is InChI=1S/C19H23N3O3/c1-13-4-5-16(25-13)12-22-11-14(9-18-17(22)6-8-24-18)19(23)21-15-3-2-7-20-10-15/h2-5,7,10,14,17-18H,6,8-9,11-12H2,1H3,(H,21,23)/t14-,17-,18-/m0/s1. The number of hydrogen-bond acceptors (Lipinski definition) is 5. The third-order valence-corrected chi connectivity index (χ3v) is 5.07. The zero-order chi connectivity index (χ0) is 17.2. The van der Waals surface area contributed by atoms with Crippen molar-refractivity contribution >= 4 is 11.6 Å². The molecule has 1 amide bonds. The maximum Gasteiger partial charge on any atom is 0.228 e. The highest BCUT2D eigenvalue weighted by atomic mass is 16.5. The highest BCUT2D eigenvalue weighted by Gasteiger charge is 2.42. The van der Waals surface area contributed by atoms with E-state index >= 15 is 0 Å². The number of ether oxygens (including phenoxy) is 1. The van der Waals surface area contributed by atoms with Crippen LogP contribution in [0.25, 0.3) is 0 Å². The van der Waals surface area contributed by atoms with Gasteiger partial charge in [0.05, 0.1) is 30.5 Å². The molecule has 0 aromatic carbocycles. The summed E-state index contributed by atoms with van der Waals surface area (Å²) in [5.41, 5.74) is 0.732. The Morgan fingerprint density at radius 2 is 2.32 bits per heavy atom. The number of anilines is 1. The van der Waals surface area contributed by atoms with Gasteiger partial charge in [0.1, 0.15) is 11.5 Å². The maximum absolute atomic E-state index is 12.7. The number of nitrogens with zero attached hydrogens (tertiary/aromatic N) is 2. The molecule has 25 heavy (non-hydrogen) atoms. The molecule has 3 atom stereocenters. The molecule has 2 aromatic heterocycles. The van der Waals surface area contributed by atoms with Gasteiger partial charge in [-0.2, -0.15) is 0 Å². The van der Waals surface area contributed by atoms with Crippen molar-refractivity contribution in [3.05, 3.63) is 48.2 Å². The Kier molecular flexibility index (Phi) is 4.55. The fourth-order valence-electron chi connectivity index (χ4n) is 3.88. The lowest BCUT2D eigenvalue weighted by molar-refractivity contribution is -0.124. The van der Waals surface area contributed by atoms with Gasteiger partial charge in [-0.15, -0.1) is 0 Å². The van der Waals surface area contributed by atoms with Crippen LogP contribution in [0, 0.1) is 12.8 Å². The molecule has 1 N–H and O–H groups in total. The number of hydrogen-bond donors (Lipinski definition) is 1. The molecule has 0 bridgehead atoms. The summed E-state index contributed by atoms with van der Waals surface area (Å²) in [7, 11) is 0. The van der Waals surface area contributed by atoms with Gasteiger partial charge in [0.25, 0.3) is 0 Å². The molecule has 0 radical (unpaired) electrons. The lowest BCUT2D eigenvalue weighted by Crippen LogP contribution is -2.51. The van der Waals surface area contributed by atoms with Crippen LogP contribution >= 0.6 is 0 Å². The molecule has 2 saturated heterocycles. The zero-order valence-electron chi connectivity index (χ0n) is 14.4. The van der Waals surface area contributed by atoms with Crippen molar-refractivity contribution in [1.82, 2.24) is 9.88 Å². The summed E-state index contributed by atoms with van der Waals surface area (Å²) in [5, 5.41) is 2.97. The molecule has 6 nitrogen and oxygen atoms in total. The average molecular weight is 341 g/mol. The highest BCUT2D eigenvalue weighted by Crippen LogP contribution is 2.33. The number of fused-ring (bicyclic) bond motifs is 1. The largest absolute Gasteiger partial charge is 0.465 e. The van der Waals surface area contributed by atoms with Crippen molar-refractivity contribution in [2.24, 2.45) is 5.92 Å². The fourth-order valence-corrected chi connectivity index (χ4v) is 3.88. The summed E-state index contributed by atoms with van der Waals surface area (Å²) in [4.78, 5) is 19.1. The normalized spacial score (nSPS) is 26.4. The Morgan fingerprint density at radius 1 is 1.40 bits per heavy atom. The van der Waals surface area contributed by atoms with Crippen LogP contribution in [-0.2, 0) is 16.1 Å². The van der Waals surface area contributed by atoms with Gasteiger partial charge in [-0.3, -0.25) is 14.7 Å². The molecule has 0 spiro atoms. The SMILES string of the molecule is Cc1ccc(CN2C[C@@H](C(=O)Nc3cccnc3)C[C@@H]3OCC[C@@H]32)o1. The Bertz CT molecular complexity index is 731. The van der Waals surface area contributed by atoms with Gasteiger partial charge in [0, 0.05) is 25.4 Å². The zero-order valence-corrected chi connectivity index (χ0v) is 14.4. The summed E-state index contributed by atoms with van der Waals surface area (Å²) in [6, 6.07) is 8.03. The number of amides is 1. The Labute approximate surface area is 147 Å². The predicted octanol–water partition coefficient (Wildman–Crippen LogP) is 2.60. The van der Waals surface area contributed by atoms with E-state index in [9.17, 15) is 4.79 Å². The number of aromatic nitrogens is 1. The molecule has 0 saturated carbocycles. The van der Waals surface area contributed by atoms with Gasteiger partial charge in [-0.25, -0.2) is 0 Å². The van der Waals surface area contributed by atoms with Crippen molar-refractivity contribution in [2.75, 3.05) is 18.5 Å². The number of piperidine rings is 1. The van der Waals surface area contributed by atoms with Crippen molar-refractivity contribution < 1.29 is 13.9 Å². The van der Waals surface area contributed by atoms with Gasteiger partial charge in [-0.05, 0) is 44.0 Å². The number of carbonyl (C=O) groups excluding carboxylic acids is 1. The molecule has 2 aliphatic rings. The fraction of sp³-hybridized carbons (Fsp3) is 0.474. The van der Waals surface area contributed by atoms with E-state index < -0.39 is 0 Å². The molecular weight excluding hydrogens is 318 g/mol. The number of pyridine rings is 1. The molecule has 4 heterocycles. The molecule has 6 heteroatoms. The van der Waals surface area contributed by atoms with Crippen LogP contribution in [0.3, 0.4) is 0 Å². The third kappa shape index (κ3) is 3.60. The van der Waals surface area contributed by atoms with Gasteiger partial charge in [0.15, 0.2) is 0 Å². The topological polar surface area (TPSA) is 67.6 Å². The highest BCUT2D eigenvalue weighted by molar-refractivity contribution is 5.92. The van der Waals surface area contributed by atoms with Crippen molar-refractivity contribution in [1.29, 1.82) is 0 Å². The minimum atomic E-state index is -0.101. The van der Waals surface area contributed by atoms with Crippen LogP contribution < -0.4 is 5.32 Å². The van der Waals surface area contributed by atoms with Crippen molar-refractivity contribution in [3.8, 4) is 0 Å². The van der Waals surface area contributed by atoms with E-state index in [4.69, 9.17) is 9.15 Å². The lowest BCUT2D eigenvalue weighted by atomic mass is 9.89. The monoisotopic (exact) mass is 341 g/mol. The van der Waals surface area contributed by atoms with Gasteiger partial charge < -0.3 is 14.5 Å². The Morgan fingerprint density at radius 3 is 3.08 bits per heavy atom. The quantitative estimate of drug-likeness (QED) is 0.926. The molecule has 2 fully saturated rings. The first-order valence-corrected chi connectivity index (χ1v) is 8.81. The van der Waals surface area contributed by atoms with E-state index in [-0.39, 0.29) is 17.9 Å². The number of rotatable bonds is 4. The molecule has 4 rings (SSSR count). The molecule has 2 aliphatic heterocycles. The van der Waals surface area contributed by atoms with E-state index in [0.29, 0.717) is 6.04 Å². The van der Waals surface area contributed by atoms with Crippen LogP contribution in [-0.4, -0.2) is 41.1 Å². The molecule has 2 aromatic rings. The minimum Gasteiger partial charge on any atom is -0.465 e. The van der Waals surface area contributed by atoms with E-state index in [1.54, 1.807) is 12.4 Å². The first kappa shape index (κ1) is 16.3. The average Bonchev–Trinajstić information content (AvgIpc) is 3.24. The first-order chi connectivity index (χ1) is 12.2. The second-order valence-electron chi connectivity index (χ2n) is 6.87. The minimum absolute atomic E-state index is 0.0302. The number of nitrogens with one attached hydrogen (secondary N) is 1. The summed E-state index contributed by atoms with van der Waals surface area (Å²) >= 11 is 0. The second-order valence-corrected chi connectivity index (χ2v) is 6.87. The van der Waals surface area contributed by atoms with Crippen LogP contribution in [0.2, 0.25) is 0 Å². The van der Waals surface area contributed by atoms with Crippen LogP contribution in [0.5, 0.6) is 0 Å². The van der Waals surface area contributed by atoms with Crippen LogP contribution in [0.1, 0.15) is 24.4 Å². The number of carbonyl (C=O) groups is 1. The van der Waals surface area contributed by atoms with E-state index in [1.165, 1.54) is 0 Å². The van der Waals surface area contributed by atoms with E-state index in [0.717, 1.165) is 49.7 Å². The molecule has 132 valence electrons. The lowest BCUT2D eigenvalue weighted by Gasteiger charge is -2.39. The second kappa shape index (κ2) is 6.98. The summed E-state index contributed by atoms with van der Waals surface area (Å²) < 4.78 is 11.6. The molecule has 0 aliphatic carbocycles. The number of likely N-dealkylation sites (tertiary alicyclic amines) is 1. The first-order valence-electron chi connectivity index (χ1n) is 8.81. The summed E-state index contributed by atoms with van der Waals surface area (Å²) in [6.45, 7) is 4.15. The predicted molar refractivity (Wildman–Crippen MR) is 93.0 cm³/mol. The maximum atomic E-state index is 12.7.